The summed E-state index contributed by atoms with van der Waals surface area (Å²) in [7, 11) is 0. The quantitative estimate of drug-likeness (QED) is 0.190. The molecule has 0 atom stereocenters. The second-order valence-electron chi connectivity index (χ2n) is 13.0. The van der Waals surface area contributed by atoms with Crippen molar-refractivity contribution in [2.45, 2.75) is 0 Å². The Kier molecular flexibility index (Phi) is 5.89. The molecule has 11 rings (SSSR count). The molecule has 0 saturated heterocycles. The lowest BCUT2D eigenvalue weighted by Gasteiger charge is -2.12. The normalized spacial score (nSPS) is 11.9. The number of hydrogen-bond acceptors (Lipinski definition) is 3. The van der Waals surface area contributed by atoms with Gasteiger partial charge in [-0.1, -0.05) is 103 Å². The van der Waals surface area contributed by atoms with Crippen LogP contribution in [0.2, 0.25) is 0 Å². The van der Waals surface area contributed by atoms with Gasteiger partial charge in [-0.3, -0.25) is 4.57 Å². The number of benzene rings is 7. The maximum Gasteiger partial charge on any atom is 0.235 e. The van der Waals surface area contributed by atoms with Gasteiger partial charge in [0.25, 0.3) is 0 Å². The van der Waals surface area contributed by atoms with Gasteiger partial charge >= 0.3 is 0 Å². The van der Waals surface area contributed by atoms with Gasteiger partial charge in [0, 0.05) is 49.1 Å². The van der Waals surface area contributed by atoms with Crippen LogP contribution in [0.15, 0.2) is 174 Å². The van der Waals surface area contributed by atoms with Crippen molar-refractivity contribution in [2.24, 2.45) is 0 Å². The maximum absolute atomic E-state index is 6.17. The van der Waals surface area contributed by atoms with Crippen molar-refractivity contribution in [1.82, 2.24) is 19.1 Å². The van der Waals surface area contributed by atoms with Crippen LogP contribution in [0.5, 0.6) is 0 Å². The van der Waals surface area contributed by atoms with E-state index in [0.717, 1.165) is 77.5 Å². The molecule has 0 aliphatic heterocycles. The topological polar surface area (TPSA) is 48.8 Å². The van der Waals surface area contributed by atoms with E-state index < -0.39 is 0 Å². The Morgan fingerprint density at radius 3 is 1.63 bits per heavy atom. The molecule has 0 fully saturated rings. The molecule has 238 valence electrons. The van der Waals surface area contributed by atoms with Gasteiger partial charge in [0.1, 0.15) is 11.2 Å². The molecule has 0 aliphatic rings. The average Bonchev–Trinajstić information content (AvgIpc) is 3.84. The first kappa shape index (κ1) is 27.9. The monoisotopic (exact) mass is 652 g/mol. The molecule has 0 unspecified atom stereocenters. The molecule has 7 aromatic carbocycles. The third-order valence-corrected chi connectivity index (χ3v) is 10.1. The van der Waals surface area contributed by atoms with Crippen LogP contribution in [-0.4, -0.2) is 19.1 Å². The number of furan rings is 1. The van der Waals surface area contributed by atoms with Gasteiger partial charge < -0.3 is 8.98 Å². The van der Waals surface area contributed by atoms with Crippen LogP contribution >= 0.6 is 0 Å². The summed E-state index contributed by atoms with van der Waals surface area (Å²) in [5.41, 5.74) is 11.1. The van der Waals surface area contributed by atoms with Crippen LogP contribution < -0.4 is 0 Å². The molecule has 0 bridgehead atoms. The molecule has 51 heavy (non-hydrogen) atoms. The second kappa shape index (κ2) is 10.8. The zero-order valence-corrected chi connectivity index (χ0v) is 27.4. The van der Waals surface area contributed by atoms with E-state index in [1.807, 2.05) is 24.3 Å². The summed E-state index contributed by atoms with van der Waals surface area (Å²) in [5, 5.41) is 6.85. The minimum absolute atomic E-state index is 0.626. The fraction of sp³-hybridized carbons (Fsp3) is 0. The van der Waals surface area contributed by atoms with Crippen LogP contribution in [-0.2, 0) is 0 Å². The molecule has 0 saturated carbocycles. The fourth-order valence-electron chi connectivity index (χ4n) is 7.83. The summed E-state index contributed by atoms with van der Waals surface area (Å²) in [4.78, 5) is 10.7. The molecule has 5 nitrogen and oxygen atoms in total. The summed E-state index contributed by atoms with van der Waals surface area (Å²) in [6.07, 6.45) is 0. The first-order valence-electron chi connectivity index (χ1n) is 17.2. The molecule has 5 heteroatoms. The van der Waals surface area contributed by atoms with Crippen LogP contribution in [0, 0.1) is 0 Å². The van der Waals surface area contributed by atoms with Gasteiger partial charge in [-0.2, -0.15) is 0 Å². The second-order valence-corrected chi connectivity index (χ2v) is 13.0. The molecule has 0 radical (unpaired) electrons. The van der Waals surface area contributed by atoms with Crippen molar-refractivity contribution in [1.29, 1.82) is 0 Å². The lowest BCUT2D eigenvalue weighted by molar-refractivity contribution is 0.669. The van der Waals surface area contributed by atoms with E-state index in [2.05, 4.69) is 155 Å². The van der Waals surface area contributed by atoms with Crippen molar-refractivity contribution in [3.8, 4) is 34.2 Å². The van der Waals surface area contributed by atoms with Crippen LogP contribution in [0.1, 0.15) is 0 Å². The number of para-hydroxylation sites is 4. The summed E-state index contributed by atoms with van der Waals surface area (Å²) >= 11 is 0. The molecule has 0 N–H and O–H groups in total. The lowest BCUT2D eigenvalue weighted by Crippen LogP contribution is -2.04. The molecule has 4 aromatic heterocycles. The molecule has 0 aliphatic carbocycles. The van der Waals surface area contributed by atoms with E-state index >= 15 is 0 Å². The van der Waals surface area contributed by atoms with Crippen LogP contribution in [0.3, 0.4) is 0 Å². The Bertz CT molecular complexity index is 3130. The van der Waals surface area contributed by atoms with E-state index in [1.165, 1.54) is 16.3 Å². The third kappa shape index (κ3) is 4.22. The van der Waals surface area contributed by atoms with Gasteiger partial charge in [0.2, 0.25) is 5.95 Å². The minimum atomic E-state index is 0.626. The van der Waals surface area contributed by atoms with Gasteiger partial charge in [-0.05, 0) is 66.7 Å². The predicted molar refractivity (Wildman–Crippen MR) is 209 cm³/mol. The van der Waals surface area contributed by atoms with Gasteiger partial charge in [-0.25, -0.2) is 9.97 Å². The number of aromatic nitrogens is 4. The number of nitrogens with zero attached hydrogens (tertiary/aromatic N) is 4. The van der Waals surface area contributed by atoms with Gasteiger partial charge in [0.05, 0.1) is 33.5 Å². The molecule has 0 spiro atoms. The van der Waals surface area contributed by atoms with E-state index in [-0.39, 0.29) is 0 Å². The largest absolute Gasteiger partial charge is 0.456 e. The lowest BCUT2D eigenvalue weighted by atomic mass is 10.0. The molecular formula is C46H28N4O. The smallest absolute Gasteiger partial charge is 0.235 e. The highest BCUT2D eigenvalue weighted by Gasteiger charge is 2.21. The Labute approximate surface area is 292 Å². The molecule has 0 amide bonds. The zero-order chi connectivity index (χ0) is 33.5. The highest BCUT2D eigenvalue weighted by Crippen LogP contribution is 2.40. The Hall–Kier alpha value is -6.98. The molecule has 11 aromatic rings. The molecular weight excluding hydrogens is 625 g/mol. The van der Waals surface area contributed by atoms with Crippen LogP contribution in [0.4, 0.5) is 0 Å². The van der Waals surface area contributed by atoms with Crippen LogP contribution in [0.25, 0.3) is 99.7 Å². The van der Waals surface area contributed by atoms with Gasteiger partial charge in [0.15, 0.2) is 0 Å². The number of hydrogen-bond donors (Lipinski definition) is 0. The summed E-state index contributed by atoms with van der Waals surface area (Å²) in [6.45, 7) is 0. The Morgan fingerprint density at radius 1 is 0.353 bits per heavy atom. The average molecular weight is 653 g/mol. The van der Waals surface area contributed by atoms with Gasteiger partial charge in [-0.15, -0.1) is 0 Å². The Balaban J connectivity index is 1.22. The predicted octanol–water partition coefficient (Wildman–Crippen LogP) is 11.9. The van der Waals surface area contributed by atoms with E-state index in [9.17, 15) is 0 Å². The van der Waals surface area contributed by atoms with Crippen molar-refractivity contribution in [3.05, 3.63) is 170 Å². The zero-order valence-electron chi connectivity index (χ0n) is 27.4. The van der Waals surface area contributed by atoms with E-state index in [1.54, 1.807) is 0 Å². The summed E-state index contributed by atoms with van der Waals surface area (Å²) < 4.78 is 10.8. The fourth-order valence-corrected chi connectivity index (χ4v) is 7.83. The number of fused-ring (bicyclic) bond motifs is 9. The minimum Gasteiger partial charge on any atom is -0.456 e. The van der Waals surface area contributed by atoms with E-state index in [0.29, 0.717) is 5.95 Å². The SMILES string of the molecule is c1ccc(-c2cc(-c3ccc4oc5ccccc5c4c3)nc(-n3c4ccccc4c4cc5c(cc43)c3ccccc3n5-c3ccccc3)n2)cc1. The highest BCUT2D eigenvalue weighted by molar-refractivity contribution is 6.19. The first-order valence-corrected chi connectivity index (χ1v) is 17.2. The third-order valence-electron chi connectivity index (χ3n) is 10.1. The standard InChI is InChI=1S/C46H28N4O/c1-3-13-29(14-4-1)38-28-39(30-23-24-45-37(25-30)34-19-9-12-22-44(34)51-45)48-46(47-38)50-41-21-11-8-18-33(41)36-26-42-35(27-43(36)50)32-17-7-10-20-40(32)49(42)31-15-5-2-6-16-31/h1-28H. The van der Waals surface area contributed by atoms with E-state index in [4.69, 9.17) is 14.4 Å². The maximum atomic E-state index is 6.17. The van der Waals surface area contributed by atoms with Crippen molar-refractivity contribution < 1.29 is 4.42 Å². The molecule has 4 heterocycles. The number of rotatable bonds is 4. The van der Waals surface area contributed by atoms with Crippen molar-refractivity contribution in [2.75, 3.05) is 0 Å². The first-order chi connectivity index (χ1) is 25.3. The van der Waals surface area contributed by atoms with Crippen molar-refractivity contribution >= 4 is 65.6 Å². The summed E-state index contributed by atoms with van der Waals surface area (Å²) in [5.74, 6) is 0.626. The highest BCUT2D eigenvalue weighted by atomic mass is 16.3. The van der Waals surface area contributed by atoms with Crippen molar-refractivity contribution in [3.63, 3.8) is 0 Å². The summed E-state index contributed by atoms with van der Waals surface area (Å²) in [6, 6.07) is 59.5. The Morgan fingerprint density at radius 2 is 0.902 bits per heavy atom.